The highest BCUT2D eigenvalue weighted by atomic mass is 32.2. The predicted molar refractivity (Wildman–Crippen MR) is 201 cm³/mol. The molecule has 0 aliphatic carbocycles. The van der Waals surface area contributed by atoms with Crippen LogP contribution in [0.2, 0.25) is 77.6 Å². The van der Waals surface area contributed by atoms with Crippen molar-refractivity contribution >= 4 is 58.4 Å². The maximum atomic E-state index is 13.6. The lowest BCUT2D eigenvalue weighted by Gasteiger charge is -2.44. The van der Waals surface area contributed by atoms with Crippen molar-refractivity contribution in [1.29, 1.82) is 0 Å². The van der Waals surface area contributed by atoms with Crippen LogP contribution in [-0.4, -0.2) is 106 Å². The van der Waals surface area contributed by atoms with E-state index in [0.29, 0.717) is 32.7 Å². The second-order valence-electron chi connectivity index (χ2n) is 15.8. The summed E-state index contributed by atoms with van der Waals surface area (Å²) in [5.41, 5.74) is 0. The van der Waals surface area contributed by atoms with Gasteiger partial charge in [0.25, 0.3) is 6.10 Å². The number of carbonyl (C=O) groups excluding carboxylic acids is 1. The topological polar surface area (TPSA) is 139 Å². The van der Waals surface area contributed by atoms with E-state index in [0.717, 1.165) is 50.6 Å². The van der Waals surface area contributed by atoms with E-state index in [1.807, 2.05) is 0 Å². The largest absolute Gasteiger partial charge is 0.743 e. The van der Waals surface area contributed by atoms with Crippen LogP contribution >= 0.6 is 0 Å². The van der Waals surface area contributed by atoms with Crippen LogP contribution in [0.25, 0.3) is 0 Å². The molecule has 3 unspecified atom stereocenters. The minimum Gasteiger partial charge on any atom is -0.743 e. The first-order chi connectivity index (χ1) is 23.4. The molecule has 3 atom stereocenters. The van der Waals surface area contributed by atoms with E-state index < -0.39 is 82.4 Å². The van der Waals surface area contributed by atoms with Gasteiger partial charge in [-0.2, -0.15) is 22.0 Å². The summed E-state index contributed by atoms with van der Waals surface area (Å²) in [4.78, 5) is 11.8. The summed E-state index contributed by atoms with van der Waals surface area (Å²) >= 11 is 0. The molecule has 0 aromatic carbocycles. The van der Waals surface area contributed by atoms with Crippen LogP contribution in [-0.2, 0) is 45.6 Å². The fourth-order valence-corrected chi connectivity index (χ4v) is 30.1. The average Bonchev–Trinajstić information content (AvgIpc) is 2.90. The predicted octanol–water partition coefficient (Wildman–Crippen LogP) is 8.74. The van der Waals surface area contributed by atoms with Crippen LogP contribution in [0.5, 0.6) is 0 Å². The van der Waals surface area contributed by atoms with E-state index in [9.17, 15) is 39.7 Å². The molecule has 11 nitrogen and oxygen atoms in total. The van der Waals surface area contributed by atoms with E-state index in [-0.39, 0.29) is 6.42 Å². The molecule has 0 aliphatic rings. The average molecular weight is 868 g/mol. The first-order valence-corrected chi connectivity index (χ1v) is 33.9. The number of hydrogen-bond acceptors (Lipinski definition) is 11. The molecule has 0 heterocycles. The zero-order chi connectivity index (χ0) is 40.7. The number of carbonyl (C=O) groups is 1. The third-order valence-electron chi connectivity index (χ3n) is 7.27. The van der Waals surface area contributed by atoms with E-state index in [4.69, 9.17) is 25.9 Å². The smallest absolute Gasteiger partial charge is 0.432 e. The van der Waals surface area contributed by atoms with Gasteiger partial charge in [-0.25, -0.2) is 8.42 Å². The number of esters is 1. The molecule has 0 aliphatic heterocycles. The lowest BCUT2D eigenvalue weighted by atomic mass is 10.1. The maximum absolute atomic E-state index is 13.6. The molecule has 0 bridgehead atoms. The minimum absolute atomic E-state index is 0.0566. The Morgan fingerprint density at radius 2 is 1.10 bits per heavy atom. The van der Waals surface area contributed by atoms with Gasteiger partial charge in [0.2, 0.25) is 0 Å². The first-order valence-electron chi connectivity index (χ1n) is 17.8. The fourth-order valence-electron chi connectivity index (χ4n) is 5.79. The Hall–Kier alpha value is -0.126. The second-order valence-corrected chi connectivity index (χ2v) is 37.3. The molecule has 0 saturated heterocycles. The molecule has 0 amide bonds. The molecule has 0 saturated carbocycles. The summed E-state index contributed by atoms with van der Waals surface area (Å²) in [5.74, 6) is -1.66. The SMILES string of the molecule is COCCOCCC[Si](C)(O[Si](C)(C)O[Si](C)(C)C)O[Si](C)(CCCCCCCCCCC(=O)OC(C(F)(F)F)C(F)(F)S(=O)(=O)[O-])O[Si](C)(C)C. The van der Waals surface area contributed by atoms with Crippen molar-refractivity contribution in [2.45, 2.75) is 159 Å². The summed E-state index contributed by atoms with van der Waals surface area (Å²) < 4.78 is 140. The van der Waals surface area contributed by atoms with E-state index >= 15 is 0 Å². The third kappa shape index (κ3) is 23.1. The van der Waals surface area contributed by atoms with Crippen LogP contribution < -0.4 is 0 Å². The number of unbranched alkanes of at least 4 members (excludes halogenated alkanes) is 7. The highest BCUT2D eigenvalue weighted by molar-refractivity contribution is 7.86. The number of alkyl halides is 5. The lowest BCUT2D eigenvalue weighted by molar-refractivity contribution is -0.259. The van der Waals surface area contributed by atoms with Gasteiger partial charge in [-0.1, -0.05) is 44.9 Å². The van der Waals surface area contributed by atoms with Gasteiger partial charge in [0.1, 0.15) is 0 Å². The Balaban J connectivity index is 5.12. The molecule has 0 rings (SSSR count). The third-order valence-corrected chi connectivity index (χ3v) is 26.4. The summed E-state index contributed by atoms with van der Waals surface area (Å²) in [6.45, 7) is 22.9. The van der Waals surface area contributed by atoms with Crippen LogP contribution in [0, 0.1) is 0 Å². The molecule has 52 heavy (non-hydrogen) atoms. The maximum Gasteiger partial charge on any atom is 0.432 e. The van der Waals surface area contributed by atoms with E-state index in [1.165, 1.54) is 0 Å². The van der Waals surface area contributed by atoms with Crippen molar-refractivity contribution in [3.63, 3.8) is 0 Å². The van der Waals surface area contributed by atoms with Gasteiger partial charge in [0, 0.05) is 20.1 Å². The van der Waals surface area contributed by atoms with Crippen molar-refractivity contribution in [3.05, 3.63) is 0 Å². The van der Waals surface area contributed by atoms with Gasteiger partial charge < -0.3 is 35.2 Å². The van der Waals surface area contributed by atoms with E-state index in [2.05, 4.69) is 70.2 Å². The molecule has 0 fully saturated rings. The van der Waals surface area contributed by atoms with Crippen LogP contribution in [0.1, 0.15) is 64.2 Å². The second kappa shape index (κ2) is 22.0. The van der Waals surface area contributed by atoms with E-state index in [1.54, 1.807) is 7.11 Å². The Morgan fingerprint density at radius 1 is 0.635 bits per heavy atom. The Kier molecular flexibility index (Phi) is 21.9. The Labute approximate surface area is 314 Å². The van der Waals surface area contributed by atoms with Crippen molar-refractivity contribution in [2.75, 3.05) is 26.9 Å². The number of halogens is 5. The van der Waals surface area contributed by atoms with Crippen molar-refractivity contribution < 1.29 is 70.4 Å². The number of methoxy groups -OCH3 is 1. The molecule has 0 radical (unpaired) electrons. The highest BCUT2D eigenvalue weighted by Gasteiger charge is 2.63. The molecule has 0 spiro atoms. The summed E-state index contributed by atoms with van der Waals surface area (Å²) in [6, 6.07) is 1.52. The normalized spacial score (nSPS) is 16.7. The number of ether oxygens (including phenoxy) is 3. The molecular formula is C30H64F5O11SSi5-. The van der Waals surface area contributed by atoms with Gasteiger partial charge >= 0.3 is 43.1 Å². The zero-order valence-corrected chi connectivity index (χ0v) is 38.8. The van der Waals surface area contributed by atoms with Crippen LogP contribution in [0.15, 0.2) is 0 Å². The molecule has 0 aromatic rings. The van der Waals surface area contributed by atoms with Crippen LogP contribution in [0.4, 0.5) is 22.0 Å². The quantitative estimate of drug-likeness (QED) is 0.0235. The summed E-state index contributed by atoms with van der Waals surface area (Å²) in [5, 5.41) is -5.84. The molecular weight excluding hydrogens is 804 g/mol. The lowest BCUT2D eigenvalue weighted by Crippen LogP contribution is -2.60. The highest BCUT2D eigenvalue weighted by Crippen LogP contribution is 2.38. The standard InChI is InChI=1S/C30H65F5O11SSi5/c1-40-23-24-41-22-20-26-52(11,45-50(8,9)43-48(2,3)4)46-51(10,44-49(5,6)7)25-19-17-15-13-12-14-16-18-21-27(36)42-28(29(31,32)33)30(34,35)47(37,38)39/h28H,12-26H2,1-11H3,(H,37,38,39)/p-1. The van der Waals surface area contributed by atoms with Gasteiger partial charge in [-0.3, -0.25) is 4.79 Å². The van der Waals surface area contributed by atoms with Gasteiger partial charge in [-0.05, 0) is 90.4 Å². The summed E-state index contributed by atoms with van der Waals surface area (Å²) in [7, 11) is -17.0. The number of rotatable bonds is 29. The molecule has 312 valence electrons. The monoisotopic (exact) mass is 867 g/mol. The van der Waals surface area contributed by atoms with Crippen LogP contribution in [0.3, 0.4) is 0 Å². The zero-order valence-electron chi connectivity index (χ0n) is 33.0. The van der Waals surface area contributed by atoms with Crippen molar-refractivity contribution in [3.8, 4) is 0 Å². The number of hydrogen-bond donors (Lipinski definition) is 0. The van der Waals surface area contributed by atoms with Gasteiger partial charge in [0.15, 0.2) is 26.8 Å². The molecule has 0 N–H and O–H groups in total. The molecule has 22 heteroatoms. The first kappa shape index (κ1) is 51.9. The fraction of sp³-hybridized carbons (Fsp3) is 0.967. The Morgan fingerprint density at radius 3 is 1.56 bits per heavy atom. The van der Waals surface area contributed by atoms with Gasteiger partial charge in [0.05, 0.1) is 13.2 Å². The molecule has 0 aromatic heterocycles. The summed E-state index contributed by atoms with van der Waals surface area (Å²) in [6.07, 6.45) is -4.66. The van der Waals surface area contributed by atoms with Crippen molar-refractivity contribution in [2.24, 2.45) is 0 Å². The van der Waals surface area contributed by atoms with Gasteiger partial charge in [-0.15, -0.1) is 0 Å². The van der Waals surface area contributed by atoms with Crippen molar-refractivity contribution in [1.82, 2.24) is 0 Å². The Bertz CT molecular complexity index is 1160. The minimum atomic E-state index is -6.72.